The van der Waals surface area contributed by atoms with Crippen LogP contribution in [0.4, 0.5) is 4.39 Å². The summed E-state index contributed by atoms with van der Waals surface area (Å²) in [5.74, 6) is 0. The number of halogens is 1. The molecule has 1 unspecified atom stereocenters. The average Bonchev–Trinajstić information content (AvgIpc) is 2.04. The summed E-state index contributed by atoms with van der Waals surface area (Å²) in [5, 5.41) is 0. The van der Waals surface area contributed by atoms with Crippen molar-refractivity contribution in [2.45, 2.75) is 11.1 Å². The van der Waals surface area contributed by atoms with Gasteiger partial charge < -0.3 is 0 Å². The molecule has 58 valence electrons. The zero-order valence-corrected chi connectivity index (χ0v) is 6.89. The van der Waals surface area contributed by atoms with E-state index in [1.807, 2.05) is 6.07 Å². The molecule has 0 radical (unpaired) electrons. The van der Waals surface area contributed by atoms with Gasteiger partial charge in [0.05, 0.1) is 0 Å². The molecule has 0 amide bonds. The van der Waals surface area contributed by atoms with Gasteiger partial charge in [0.2, 0.25) is 0 Å². The van der Waals surface area contributed by atoms with Gasteiger partial charge in [-0.05, 0) is 6.07 Å². The number of benzene rings is 1. The van der Waals surface area contributed by atoms with Crippen molar-refractivity contribution in [1.29, 1.82) is 0 Å². The van der Waals surface area contributed by atoms with Crippen LogP contribution < -0.4 is 0 Å². The minimum Gasteiger partial charge on any atom is -0.238 e. The van der Waals surface area contributed by atoms with Gasteiger partial charge in [0.25, 0.3) is 0 Å². The Bertz CT molecular complexity index is 257. The van der Waals surface area contributed by atoms with Gasteiger partial charge >= 0.3 is 0 Å². The van der Waals surface area contributed by atoms with Gasteiger partial charge in [-0.3, -0.25) is 0 Å². The lowest BCUT2D eigenvalue weighted by Crippen LogP contribution is -1.87. The third kappa shape index (κ3) is 1.84. The second-order valence-electron chi connectivity index (χ2n) is 2.20. The Morgan fingerprint density at radius 2 is 2.09 bits per heavy atom. The molecule has 0 fully saturated rings. The van der Waals surface area contributed by atoms with Gasteiger partial charge in [0.1, 0.15) is 6.17 Å². The first-order valence-corrected chi connectivity index (χ1v) is 3.75. The lowest BCUT2D eigenvalue weighted by atomic mass is 10.1. The van der Waals surface area contributed by atoms with E-state index in [-0.39, 0.29) is 0 Å². The summed E-state index contributed by atoms with van der Waals surface area (Å²) in [6, 6.07) is 7.07. The Balaban J connectivity index is 3.02. The third-order valence-corrected chi connectivity index (χ3v) is 1.85. The van der Waals surface area contributed by atoms with Crippen LogP contribution >= 0.6 is 12.6 Å². The van der Waals surface area contributed by atoms with Gasteiger partial charge in [0, 0.05) is 10.5 Å². The van der Waals surface area contributed by atoms with Gasteiger partial charge in [-0.15, -0.1) is 12.6 Å². The van der Waals surface area contributed by atoms with Gasteiger partial charge in [-0.1, -0.05) is 30.9 Å². The molecule has 0 aliphatic heterocycles. The van der Waals surface area contributed by atoms with E-state index >= 15 is 0 Å². The molecule has 0 spiro atoms. The van der Waals surface area contributed by atoms with Gasteiger partial charge in [0.15, 0.2) is 0 Å². The maximum absolute atomic E-state index is 13.0. The summed E-state index contributed by atoms with van der Waals surface area (Å²) >= 11 is 4.10. The van der Waals surface area contributed by atoms with Crippen LogP contribution in [-0.2, 0) is 0 Å². The van der Waals surface area contributed by atoms with Crippen LogP contribution in [0.15, 0.2) is 41.8 Å². The first kappa shape index (κ1) is 8.34. The molecule has 0 aromatic heterocycles. The number of rotatable bonds is 2. The summed E-state index contributed by atoms with van der Waals surface area (Å²) in [6.07, 6.45) is 0.151. The number of thiol groups is 1. The maximum Gasteiger partial charge on any atom is 0.144 e. The molecule has 1 rings (SSSR count). The van der Waals surface area contributed by atoms with Crippen LogP contribution in [0.3, 0.4) is 0 Å². The van der Waals surface area contributed by atoms with Gasteiger partial charge in [-0.2, -0.15) is 0 Å². The number of allylic oxidation sites excluding steroid dienone is 1. The first-order valence-electron chi connectivity index (χ1n) is 3.30. The molecule has 1 aromatic carbocycles. The van der Waals surface area contributed by atoms with E-state index in [4.69, 9.17) is 0 Å². The van der Waals surface area contributed by atoms with E-state index in [1.54, 1.807) is 18.2 Å². The molecule has 0 heterocycles. The fourth-order valence-corrected chi connectivity index (χ4v) is 1.13. The Morgan fingerprint density at radius 1 is 1.45 bits per heavy atom. The number of hydrogen-bond acceptors (Lipinski definition) is 1. The molecule has 1 atom stereocenters. The van der Waals surface area contributed by atoms with E-state index in [0.29, 0.717) is 10.5 Å². The molecule has 0 N–H and O–H groups in total. The fraction of sp³-hybridized carbons (Fsp3) is 0.111. The highest BCUT2D eigenvalue weighted by Gasteiger charge is 2.06. The lowest BCUT2D eigenvalue weighted by Gasteiger charge is -2.04. The highest BCUT2D eigenvalue weighted by molar-refractivity contribution is 7.80. The molecule has 1 aromatic rings. The van der Waals surface area contributed by atoms with Crippen molar-refractivity contribution in [3.8, 4) is 0 Å². The van der Waals surface area contributed by atoms with Crippen molar-refractivity contribution in [2.24, 2.45) is 0 Å². The molecule has 0 bridgehead atoms. The Morgan fingerprint density at radius 3 is 2.64 bits per heavy atom. The second-order valence-corrected chi connectivity index (χ2v) is 2.68. The van der Waals surface area contributed by atoms with E-state index < -0.39 is 6.17 Å². The van der Waals surface area contributed by atoms with Crippen LogP contribution in [0, 0.1) is 0 Å². The molecular weight excluding hydrogens is 159 g/mol. The Labute approximate surface area is 71.2 Å². The molecule has 2 heteroatoms. The molecule has 0 aliphatic carbocycles. The third-order valence-electron chi connectivity index (χ3n) is 1.44. The second kappa shape index (κ2) is 3.58. The van der Waals surface area contributed by atoms with Gasteiger partial charge in [-0.25, -0.2) is 4.39 Å². The zero-order chi connectivity index (χ0) is 8.27. The van der Waals surface area contributed by atoms with Crippen molar-refractivity contribution in [2.75, 3.05) is 0 Å². The Hall–Kier alpha value is -0.760. The summed E-state index contributed by atoms with van der Waals surface area (Å²) in [4.78, 5) is 0.667. The molecule has 0 nitrogen and oxygen atoms in total. The maximum atomic E-state index is 13.0. The van der Waals surface area contributed by atoms with Crippen LogP contribution in [0.25, 0.3) is 0 Å². The quantitative estimate of drug-likeness (QED) is 0.509. The highest BCUT2D eigenvalue weighted by Crippen LogP contribution is 2.24. The van der Waals surface area contributed by atoms with Crippen molar-refractivity contribution in [3.63, 3.8) is 0 Å². The minimum absolute atomic E-state index is 0.575. The molecule has 0 aliphatic rings. The first-order chi connectivity index (χ1) is 5.25. The SMILES string of the molecule is C=CC(F)c1ccccc1S. The topological polar surface area (TPSA) is 0 Å². The summed E-state index contributed by atoms with van der Waals surface area (Å²) < 4.78 is 13.0. The Kier molecular flexibility index (Phi) is 2.71. The smallest absolute Gasteiger partial charge is 0.144 e. The normalized spacial score (nSPS) is 12.5. The molecule has 11 heavy (non-hydrogen) atoms. The lowest BCUT2D eigenvalue weighted by molar-refractivity contribution is 0.410. The van der Waals surface area contributed by atoms with Crippen LogP contribution in [0.5, 0.6) is 0 Å². The highest BCUT2D eigenvalue weighted by atomic mass is 32.1. The predicted octanol–water partition coefficient (Wildman–Crippen LogP) is 3.17. The van der Waals surface area contributed by atoms with Crippen molar-refractivity contribution < 1.29 is 4.39 Å². The number of hydrogen-bond donors (Lipinski definition) is 1. The van der Waals surface area contributed by atoms with E-state index in [1.165, 1.54) is 6.08 Å². The van der Waals surface area contributed by atoms with Crippen LogP contribution in [-0.4, -0.2) is 0 Å². The van der Waals surface area contributed by atoms with Crippen molar-refractivity contribution >= 4 is 12.6 Å². The fourth-order valence-electron chi connectivity index (χ4n) is 0.848. The predicted molar refractivity (Wildman–Crippen MR) is 47.7 cm³/mol. The van der Waals surface area contributed by atoms with Crippen molar-refractivity contribution in [3.05, 3.63) is 42.5 Å². The van der Waals surface area contributed by atoms with Crippen molar-refractivity contribution in [1.82, 2.24) is 0 Å². The zero-order valence-electron chi connectivity index (χ0n) is 6.00. The number of alkyl halides is 1. The summed E-state index contributed by atoms with van der Waals surface area (Å²) in [7, 11) is 0. The molecular formula is C9H9FS. The standard InChI is InChI=1S/C9H9FS/c1-2-8(10)7-5-3-4-6-9(7)11/h2-6,8,11H,1H2. The van der Waals surface area contributed by atoms with E-state index in [2.05, 4.69) is 19.2 Å². The minimum atomic E-state index is -1.11. The van der Waals surface area contributed by atoms with Crippen LogP contribution in [0.2, 0.25) is 0 Å². The van der Waals surface area contributed by atoms with E-state index in [0.717, 1.165) is 0 Å². The molecule has 0 saturated carbocycles. The average molecular weight is 168 g/mol. The van der Waals surface area contributed by atoms with Crippen LogP contribution in [0.1, 0.15) is 11.7 Å². The summed E-state index contributed by atoms with van der Waals surface area (Å²) in [6.45, 7) is 3.37. The van der Waals surface area contributed by atoms with E-state index in [9.17, 15) is 4.39 Å². The molecule has 0 saturated heterocycles. The largest absolute Gasteiger partial charge is 0.238 e. The summed E-state index contributed by atoms with van der Waals surface area (Å²) in [5.41, 5.74) is 0.575. The monoisotopic (exact) mass is 168 g/mol.